The first-order chi connectivity index (χ1) is 17.8. The van der Waals surface area contributed by atoms with Crippen LogP contribution in [0.15, 0.2) is 121 Å². The summed E-state index contributed by atoms with van der Waals surface area (Å²) >= 11 is -5.46. The summed E-state index contributed by atoms with van der Waals surface area (Å²) in [5.41, 5.74) is 0. The first-order valence-electron chi connectivity index (χ1n) is 14.1. The molecule has 0 spiro atoms. The van der Waals surface area contributed by atoms with Crippen molar-refractivity contribution in [2.24, 2.45) is 0 Å². The third-order valence-electron chi connectivity index (χ3n) is 8.72. The minimum absolute atomic E-state index is 1.39. The topological polar surface area (TPSA) is 0 Å². The summed E-state index contributed by atoms with van der Waals surface area (Å²) in [4.78, 5) is 0. The quantitative estimate of drug-likeness (QED) is 0.206. The molecule has 0 aromatic heterocycles. The predicted molar refractivity (Wildman–Crippen MR) is 163 cm³/mol. The van der Waals surface area contributed by atoms with Crippen molar-refractivity contribution in [2.75, 3.05) is 0 Å². The van der Waals surface area contributed by atoms with E-state index in [9.17, 15) is 0 Å². The van der Waals surface area contributed by atoms with E-state index in [0.717, 1.165) is 0 Å². The second kappa shape index (κ2) is 12.8. The van der Waals surface area contributed by atoms with Gasteiger partial charge in [0.15, 0.2) is 0 Å². The molecule has 184 valence electrons. The van der Waals surface area contributed by atoms with E-state index in [-0.39, 0.29) is 0 Å². The third kappa shape index (κ3) is 5.80. The molecule has 0 nitrogen and oxygen atoms in total. The van der Waals surface area contributed by atoms with Crippen molar-refractivity contribution >= 4 is 51.1 Å². The van der Waals surface area contributed by atoms with E-state index in [1.165, 1.54) is 56.3 Å². The molecule has 0 aliphatic carbocycles. The Balaban J connectivity index is 1.44. The monoisotopic (exact) mass is 688 g/mol. The Hall–Kier alpha value is -1.52. The van der Waals surface area contributed by atoms with Crippen LogP contribution in [0, 0.1) is 0 Å². The van der Waals surface area contributed by atoms with Crippen LogP contribution in [0.4, 0.5) is 0 Å². The molecule has 0 N–H and O–H groups in total. The Kier molecular flexibility index (Phi) is 9.30. The van der Waals surface area contributed by atoms with Gasteiger partial charge in [-0.3, -0.25) is 0 Å². The van der Waals surface area contributed by atoms with Crippen molar-refractivity contribution in [3.8, 4) is 0 Å². The molecule has 4 aromatic rings. The molecule has 5 rings (SSSR count). The van der Waals surface area contributed by atoms with Gasteiger partial charge in [-0.2, -0.15) is 0 Å². The maximum absolute atomic E-state index is 2.73. The first-order valence-corrected chi connectivity index (χ1v) is 27.8. The summed E-state index contributed by atoms with van der Waals surface area (Å²) in [5, 5.41) is 0. The second-order valence-electron chi connectivity index (χ2n) is 10.7. The van der Waals surface area contributed by atoms with Crippen molar-refractivity contribution in [1.82, 2.24) is 0 Å². The van der Waals surface area contributed by atoms with Gasteiger partial charge in [-0.25, -0.2) is 0 Å². The van der Waals surface area contributed by atoms with Crippen molar-refractivity contribution in [3.63, 3.8) is 0 Å². The zero-order valence-corrected chi connectivity index (χ0v) is 27.3. The average Bonchev–Trinajstić information content (AvgIpc) is 2.96. The van der Waals surface area contributed by atoms with Crippen LogP contribution in [-0.4, -0.2) is 36.8 Å². The molecule has 0 amide bonds. The molecule has 1 aliphatic heterocycles. The van der Waals surface area contributed by atoms with E-state index in [1.807, 2.05) is 0 Å². The molecule has 1 heterocycles. The van der Waals surface area contributed by atoms with Gasteiger partial charge in [0.25, 0.3) is 0 Å². The average molecular weight is 686 g/mol. The summed E-state index contributed by atoms with van der Waals surface area (Å²) in [6, 6.07) is 46.9. The molecular formula is C34H40Sn2. The number of rotatable bonds is 4. The van der Waals surface area contributed by atoms with Crippen LogP contribution < -0.4 is 14.3 Å². The molecule has 1 aliphatic rings. The van der Waals surface area contributed by atoms with Crippen LogP contribution in [0.1, 0.15) is 38.5 Å². The fourth-order valence-corrected chi connectivity index (χ4v) is 36.0. The van der Waals surface area contributed by atoms with Gasteiger partial charge < -0.3 is 0 Å². The molecule has 36 heavy (non-hydrogen) atoms. The van der Waals surface area contributed by atoms with Gasteiger partial charge in [0.05, 0.1) is 0 Å². The van der Waals surface area contributed by atoms with Gasteiger partial charge in [0, 0.05) is 0 Å². The summed E-state index contributed by atoms with van der Waals surface area (Å²) in [6.07, 6.45) is 8.35. The zero-order valence-electron chi connectivity index (χ0n) is 21.6. The molecule has 1 fully saturated rings. The Labute approximate surface area is 226 Å². The Morgan fingerprint density at radius 3 is 0.722 bits per heavy atom. The van der Waals surface area contributed by atoms with E-state index in [2.05, 4.69) is 121 Å². The van der Waals surface area contributed by atoms with Gasteiger partial charge in [0.1, 0.15) is 0 Å². The molecule has 1 saturated heterocycles. The van der Waals surface area contributed by atoms with E-state index in [0.29, 0.717) is 0 Å². The number of hydrogen-bond acceptors (Lipinski definition) is 0. The van der Waals surface area contributed by atoms with Crippen LogP contribution in [0.25, 0.3) is 0 Å². The van der Waals surface area contributed by atoms with Crippen molar-refractivity contribution in [3.05, 3.63) is 121 Å². The molecule has 0 unspecified atom stereocenters. The number of benzene rings is 4. The van der Waals surface area contributed by atoms with Gasteiger partial charge in [-0.05, 0) is 0 Å². The summed E-state index contributed by atoms with van der Waals surface area (Å²) in [5.74, 6) is 0. The van der Waals surface area contributed by atoms with Gasteiger partial charge in [0.2, 0.25) is 0 Å². The molecule has 0 bridgehead atoms. The Morgan fingerprint density at radius 2 is 0.500 bits per heavy atom. The predicted octanol–water partition coefficient (Wildman–Crippen LogP) is 6.87. The van der Waals surface area contributed by atoms with Crippen molar-refractivity contribution in [2.45, 2.75) is 56.3 Å². The normalized spacial score (nSPS) is 18.4. The van der Waals surface area contributed by atoms with Crippen molar-refractivity contribution in [1.29, 1.82) is 0 Å². The van der Waals surface area contributed by atoms with Gasteiger partial charge in [-0.1, -0.05) is 0 Å². The van der Waals surface area contributed by atoms with E-state index in [4.69, 9.17) is 0 Å². The minimum atomic E-state index is -2.73. The molecule has 2 heteroatoms. The third-order valence-corrected chi connectivity index (χ3v) is 38.9. The van der Waals surface area contributed by atoms with Crippen LogP contribution in [0.5, 0.6) is 0 Å². The molecular weight excluding hydrogens is 646 g/mol. The van der Waals surface area contributed by atoms with E-state index in [1.54, 1.807) is 14.3 Å². The van der Waals surface area contributed by atoms with Crippen molar-refractivity contribution < 1.29 is 0 Å². The van der Waals surface area contributed by atoms with Gasteiger partial charge >= 0.3 is 229 Å². The first kappa shape index (κ1) is 26.1. The summed E-state index contributed by atoms with van der Waals surface area (Å²) in [6.45, 7) is 0. The van der Waals surface area contributed by atoms with Crippen LogP contribution in [0.2, 0.25) is 17.7 Å². The number of hydrogen-bond donors (Lipinski definition) is 0. The zero-order chi connectivity index (χ0) is 24.5. The maximum atomic E-state index is 2.47. The van der Waals surface area contributed by atoms with E-state index < -0.39 is 36.8 Å². The standard InChI is InChI=1S/4C6H5.2C5H10.2Sn/c4*1-2-4-6-5-3-1;2*1-3-5-4-2;;/h4*1-5H;2*1-5H2;;. The van der Waals surface area contributed by atoms with Crippen LogP contribution >= 0.6 is 0 Å². The molecule has 0 saturated carbocycles. The Bertz CT molecular complexity index is 981. The van der Waals surface area contributed by atoms with Crippen LogP contribution in [-0.2, 0) is 0 Å². The summed E-state index contributed by atoms with van der Waals surface area (Å²) < 4.78 is 12.7. The fourth-order valence-electron chi connectivity index (χ4n) is 6.83. The Morgan fingerprint density at radius 1 is 0.278 bits per heavy atom. The van der Waals surface area contributed by atoms with E-state index >= 15 is 0 Å². The summed E-state index contributed by atoms with van der Waals surface area (Å²) in [7, 11) is 0. The second-order valence-corrected chi connectivity index (χ2v) is 35.4. The SMILES string of the molecule is c1cc[c]([Sn]2([c]3ccccc3)[CH2]CCC[CH2][Sn]([c]3ccccc3)([c]3ccccc3)[CH2]CCC[CH2]2)cc1. The van der Waals surface area contributed by atoms with Crippen LogP contribution in [0.3, 0.4) is 0 Å². The van der Waals surface area contributed by atoms with Gasteiger partial charge in [-0.15, -0.1) is 0 Å². The molecule has 0 radical (unpaired) electrons. The molecule has 4 aromatic carbocycles. The fraction of sp³-hybridized carbons (Fsp3) is 0.294. The molecule has 0 atom stereocenters.